The van der Waals surface area contributed by atoms with Crippen LogP contribution in [0.25, 0.3) is 0 Å². The molecule has 1 unspecified atom stereocenters. The SMILES string of the molecule is COCCCN1CC(CN(C(=O)[C@@H]2CNC[C@H](NC(=O)Cc3cccc(OC)c3)C2)C2CC2)c2ccccc21. The van der Waals surface area contributed by atoms with Crippen molar-refractivity contribution in [1.29, 1.82) is 0 Å². The topological polar surface area (TPSA) is 83.1 Å². The van der Waals surface area contributed by atoms with Crippen LogP contribution in [0.5, 0.6) is 5.75 Å². The summed E-state index contributed by atoms with van der Waals surface area (Å²) in [6, 6.07) is 16.5. The highest BCUT2D eigenvalue weighted by molar-refractivity contribution is 5.81. The number of anilines is 1. The molecule has 5 rings (SSSR count). The summed E-state index contributed by atoms with van der Waals surface area (Å²) in [6.07, 6.45) is 4.12. The van der Waals surface area contributed by atoms with Crippen LogP contribution in [-0.2, 0) is 20.7 Å². The minimum absolute atomic E-state index is 0.0293. The molecule has 2 aliphatic heterocycles. The van der Waals surface area contributed by atoms with E-state index in [9.17, 15) is 9.59 Å². The molecule has 0 bridgehead atoms. The van der Waals surface area contributed by atoms with E-state index in [1.807, 2.05) is 24.3 Å². The number of carbonyl (C=O) groups excluding carboxylic acids is 2. The fourth-order valence-corrected chi connectivity index (χ4v) is 6.11. The van der Waals surface area contributed by atoms with Crippen molar-refractivity contribution >= 4 is 17.5 Å². The Hall–Kier alpha value is -3.10. The third-order valence-electron chi connectivity index (χ3n) is 8.19. The molecule has 8 heteroatoms. The standard InChI is InChI=1S/C31H42N4O4/c1-38-14-6-13-34-20-24(28-9-3-4-10-29(28)34)21-35(26-11-12-26)31(37)23-17-25(19-32-18-23)33-30(36)16-22-7-5-8-27(15-22)39-2/h3-5,7-10,15,23-26,32H,6,11-14,16-21H2,1-2H3,(H,33,36)/t23-,24?,25+/m0/s1. The summed E-state index contributed by atoms with van der Waals surface area (Å²) in [6.45, 7) is 4.75. The number of nitrogens with zero attached hydrogens (tertiary/aromatic N) is 2. The number of carbonyl (C=O) groups is 2. The van der Waals surface area contributed by atoms with Gasteiger partial charge < -0.3 is 29.9 Å². The van der Waals surface area contributed by atoms with Crippen molar-refractivity contribution in [2.24, 2.45) is 5.92 Å². The molecular weight excluding hydrogens is 492 g/mol. The van der Waals surface area contributed by atoms with Crippen LogP contribution in [0.15, 0.2) is 48.5 Å². The predicted octanol–water partition coefficient (Wildman–Crippen LogP) is 2.96. The minimum atomic E-state index is -0.129. The molecule has 210 valence electrons. The quantitative estimate of drug-likeness (QED) is 0.408. The molecule has 8 nitrogen and oxygen atoms in total. The second-order valence-corrected chi connectivity index (χ2v) is 11.2. The maximum Gasteiger partial charge on any atom is 0.227 e. The number of methoxy groups -OCH3 is 2. The molecule has 1 aliphatic carbocycles. The fraction of sp³-hybridized carbons (Fsp3) is 0.548. The van der Waals surface area contributed by atoms with E-state index in [0.29, 0.717) is 37.9 Å². The van der Waals surface area contributed by atoms with Crippen LogP contribution in [0, 0.1) is 5.92 Å². The Morgan fingerprint density at radius 1 is 1.10 bits per heavy atom. The Morgan fingerprint density at radius 2 is 1.95 bits per heavy atom. The second kappa shape index (κ2) is 12.8. The zero-order valence-electron chi connectivity index (χ0n) is 23.2. The lowest BCUT2D eigenvalue weighted by Crippen LogP contribution is -2.53. The fourth-order valence-electron chi connectivity index (χ4n) is 6.11. The number of nitrogens with one attached hydrogen (secondary N) is 2. The molecule has 0 aromatic heterocycles. The summed E-state index contributed by atoms with van der Waals surface area (Å²) < 4.78 is 10.6. The summed E-state index contributed by atoms with van der Waals surface area (Å²) >= 11 is 0. The van der Waals surface area contributed by atoms with Crippen molar-refractivity contribution in [3.63, 3.8) is 0 Å². The maximum absolute atomic E-state index is 13.9. The first-order valence-electron chi connectivity index (χ1n) is 14.3. The van der Waals surface area contributed by atoms with Crippen LogP contribution >= 0.6 is 0 Å². The van der Waals surface area contributed by atoms with E-state index in [1.165, 1.54) is 11.3 Å². The first-order valence-corrected chi connectivity index (χ1v) is 14.3. The van der Waals surface area contributed by atoms with Gasteiger partial charge in [0.15, 0.2) is 0 Å². The van der Waals surface area contributed by atoms with E-state index in [1.54, 1.807) is 14.2 Å². The van der Waals surface area contributed by atoms with E-state index >= 15 is 0 Å². The van der Waals surface area contributed by atoms with Gasteiger partial charge in [-0.05, 0) is 55.0 Å². The number of para-hydroxylation sites is 1. The zero-order chi connectivity index (χ0) is 27.2. The van der Waals surface area contributed by atoms with Gasteiger partial charge in [-0.3, -0.25) is 9.59 Å². The number of amides is 2. The van der Waals surface area contributed by atoms with Crippen LogP contribution in [0.3, 0.4) is 0 Å². The Bertz CT molecular complexity index is 1140. The Balaban J connectivity index is 1.19. The van der Waals surface area contributed by atoms with E-state index in [2.05, 4.69) is 44.7 Å². The van der Waals surface area contributed by atoms with Crippen molar-refractivity contribution in [3.8, 4) is 5.75 Å². The molecule has 3 atom stereocenters. The zero-order valence-corrected chi connectivity index (χ0v) is 23.2. The second-order valence-electron chi connectivity index (χ2n) is 11.2. The highest BCUT2D eigenvalue weighted by Crippen LogP contribution is 2.39. The lowest BCUT2D eigenvalue weighted by atomic mass is 9.93. The van der Waals surface area contributed by atoms with Gasteiger partial charge in [0.2, 0.25) is 11.8 Å². The lowest BCUT2D eigenvalue weighted by molar-refractivity contribution is -0.137. The smallest absolute Gasteiger partial charge is 0.227 e. The average molecular weight is 535 g/mol. The van der Waals surface area contributed by atoms with Gasteiger partial charge in [-0.2, -0.15) is 0 Å². The van der Waals surface area contributed by atoms with Crippen molar-refractivity contribution in [3.05, 3.63) is 59.7 Å². The van der Waals surface area contributed by atoms with Crippen LogP contribution in [0.4, 0.5) is 5.69 Å². The first-order chi connectivity index (χ1) is 19.1. The number of hydrogen-bond acceptors (Lipinski definition) is 6. The van der Waals surface area contributed by atoms with E-state index in [0.717, 1.165) is 56.8 Å². The number of ether oxygens (including phenoxy) is 2. The van der Waals surface area contributed by atoms with Crippen LogP contribution < -0.4 is 20.3 Å². The highest BCUT2D eigenvalue weighted by atomic mass is 16.5. The minimum Gasteiger partial charge on any atom is -0.497 e. The molecule has 0 radical (unpaired) electrons. The summed E-state index contributed by atoms with van der Waals surface area (Å²) in [5.74, 6) is 1.12. The Labute approximate surface area is 232 Å². The van der Waals surface area contributed by atoms with Gasteiger partial charge >= 0.3 is 0 Å². The average Bonchev–Trinajstić information content (AvgIpc) is 3.74. The van der Waals surface area contributed by atoms with Crippen molar-refractivity contribution in [2.45, 2.75) is 50.1 Å². The van der Waals surface area contributed by atoms with Crippen LogP contribution in [0.1, 0.15) is 42.7 Å². The van der Waals surface area contributed by atoms with Gasteiger partial charge in [0, 0.05) is 70.1 Å². The number of rotatable bonds is 12. The van der Waals surface area contributed by atoms with E-state index < -0.39 is 0 Å². The summed E-state index contributed by atoms with van der Waals surface area (Å²) in [7, 11) is 3.37. The van der Waals surface area contributed by atoms with E-state index in [-0.39, 0.29) is 23.8 Å². The van der Waals surface area contributed by atoms with Gasteiger partial charge in [-0.25, -0.2) is 0 Å². The number of fused-ring (bicyclic) bond motifs is 1. The largest absolute Gasteiger partial charge is 0.497 e. The van der Waals surface area contributed by atoms with Crippen molar-refractivity contribution in [1.82, 2.24) is 15.5 Å². The molecule has 39 heavy (non-hydrogen) atoms. The van der Waals surface area contributed by atoms with Crippen molar-refractivity contribution in [2.75, 3.05) is 58.5 Å². The molecule has 0 spiro atoms. The molecule has 2 heterocycles. The summed E-state index contributed by atoms with van der Waals surface area (Å²) in [5, 5.41) is 6.57. The third-order valence-corrected chi connectivity index (χ3v) is 8.19. The molecule has 2 aromatic rings. The van der Waals surface area contributed by atoms with Gasteiger partial charge in [0.1, 0.15) is 5.75 Å². The lowest BCUT2D eigenvalue weighted by Gasteiger charge is -2.35. The molecule has 2 aromatic carbocycles. The number of benzene rings is 2. The summed E-state index contributed by atoms with van der Waals surface area (Å²) in [4.78, 5) is 31.3. The van der Waals surface area contributed by atoms with Gasteiger partial charge in [0.25, 0.3) is 0 Å². The van der Waals surface area contributed by atoms with Gasteiger partial charge in [-0.1, -0.05) is 30.3 Å². The van der Waals surface area contributed by atoms with E-state index in [4.69, 9.17) is 9.47 Å². The molecule has 2 N–H and O–H groups in total. The molecular formula is C31H42N4O4. The van der Waals surface area contributed by atoms with Crippen LogP contribution in [0.2, 0.25) is 0 Å². The molecule has 3 aliphatic rings. The monoisotopic (exact) mass is 534 g/mol. The Morgan fingerprint density at radius 3 is 2.74 bits per heavy atom. The Kier molecular flexibility index (Phi) is 9.04. The normalized spacial score (nSPS) is 22.3. The molecule has 1 saturated carbocycles. The predicted molar refractivity (Wildman–Crippen MR) is 152 cm³/mol. The van der Waals surface area contributed by atoms with Crippen LogP contribution in [-0.4, -0.2) is 82.3 Å². The van der Waals surface area contributed by atoms with Gasteiger partial charge in [0.05, 0.1) is 19.4 Å². The number of piperidine rings is 1. The van der Waals surface area contributed by atoms with Gasteiger partial charge in [-0.15, -0.1) is 0 Å². The maximum atomic E-state index is 13.9. The first kappa shape index (κ1) is 27.5. The van der Waals surface area contributed by atoms with Crippen molar-refractivity contribution < 1.29 is 19.1 Å². The molecule has 1 saturated heterocycles. The third kappa shape index (κ3) is 6.92. The number of hydrogen-bond donors (Lipinski definition) is 2. The molecule has 2 amide bonds. The highest BCUT2D eigenvalue weighted by Gasteiger charge is 2.40. The summed E-state index contributed by atoms with van der Waals surface area (Å²) in [5.41, 5.74) is 3.55. The molecule has 2 fully saturated rings.